The highest BCUT2D eigenvalue weighted by Crippen LogP contribution is 2.09. The minimum atomic E-state index is -3.56. The maximum absolute atomic E-state index is 11.8. The first-order valence-corrected chi connectivity index (χ1v) is 6.57. The molecule has 96 valence electrons. The van der Waals surface area contributed by atoms with Crippen LogP contribution in [0.3, 0.4) is 0 Å². The molecule has 0 spiro atoms. The summed E-state index contributed by atoms with van der Waals surface area (Å²) in [6.45, 7) is 0.153. The summed E-state index contributed by atoms with van der Waals surface area (Å²) in [5, 5.41) is 0.0310. The number of aromatic amines is 1. The Hall–Kier alpha value is -1.93. The van der Waals surface area contributed by atoms with Gasteiger partial charge in [-0.25, -0.2) is 23.1 Å². The molecule has 0 amide bonds. The van der Waals surface area contributed by atoms with E-state index in [2.05, 4.69) is 19.7 Å². The lowest BCUT2D eigenvalue weighted by molar-refractivity contribution is 0.397. The topological polar surface area (TPSA) is 97.0 Å². The van der Waals surface area contributed by atoms with Gasteiger partial charge in [0, 0.05) is 18.8 Å². The minimum Gasteiger partial charge on any atom is -0.481 e. The fraction of sp³-hybridized carbons (Fsp3) is 0.200. The quantitative estimate of drug-likeness (QED) is 0.812. The third-order valence-electron chi connectivity index (χ3n) is 2.24. The monoisotopic (exact) mass is 268 g/mol. The second-order valence-corrected chi connectivity index (χ2v) is 5.18. The van der Waals surface area contributed by atoms with Crippen molar-refractivity contribution in [3.8, 4) is 5.88 Å². The lowest BCUT2D eigenvalue weighted by Gasteiger charge is -2.05. The van der Waals surface area contributed by atoms with Crippen LogP contribution in [0.1, 0.15) is 5.56 Å². The van der Waals surface area contributed by atoms with Crippen LogP contribution in [0.2, 0.25) is 0 Å². The predicted octanol–water partition coefficient (Wildman–Crippen LogP) is 0.292. The van der Waals surface area contributed by atoms with Gasteiger partial charge in [0.1, 0.15) is 0 Å². The van der Waals surface area contributed by atoms with Crippen molar-refractivity contribution in [1.29, 1.82) is 0 Å². The zero-order valence-electron chi connectivity index (χ0n) is 9.62. The molecule has 18 heavy (non-hydrogen) atoms. The third kappa shape index (κ3) is 2.84. The van der Waals surface area contributed by atoms with Crippen LogP contribution >= 0.6 is 0 Å². The molecule has 0 fully saturated rings. The van der Waals surface area contributed by atoms with Crippen molar-refractivity contribution in [3.63, 3.8) is 0 Å². The van der Waals surface area contributed by atoms with Gasteiger partial charge in [0.25, 0.3) is 10.0 Å². The summed E-state index contributed by atoms with van der Waals surface area (Å²) in [5.41, 5.74) is 0.755. The molecule has 2 aromatic heterocycles. The Balaban J connectivity index is 2.07. The summed E-state index contributed by atoms with van der Waals surface area (Å²) in [4.78, 5) is 10.1. The van der Waals surface area contributed by atoms with E-state index in [0.29, 0.717) is 5.88 Å². The molecule has 0 atom stereocenters. The van der Waals surface area contributed by atoms with Gasteiger partial charge < -0.3 is 9.72 Å². The Morgan fingerprint density at radius 2 is 2.33 bits per heavy atom. The Kier molecular flexibility index (Phi) is 3.58. The number of rotatable bonds is 5. The number of sulfonamides is 1. The number of methoxy groups -OCH3 is 1. The number of imidazole rings is 1. The SMILES string of the molecule is COc1cc(CNS(=O)(=O)c2cnc[nH]2)ccn1. The van der Waals surface area contributed by atoms with Gasteiger partial charge in [-0.15, -0.1) is 0 Å². The fourth-order valence-corrected chi connectivity index (χ4v) is 2.24. The average molecular weight is 268 g/mol. The van der Waals surface area contributed by atoms with Gasteiger partial charge in [0.15, 0.2) is 5.03 Å². The molecule has 0 aliphatic rings. The normalized spacial score (nSPS) is 11.4. The number of nitrogens with one attached hydrogen (secondary N) is 2. The van der Waals surface area contributed by atoms with Crippen molar-refractivity contribution >= 4 is 10.0 Å². The Morgan fingerprint density at radius 3 is 3.00 bits per heavy atom. The molecule has 0 bridgehead atoms. The summed E-state index contributed by atoms with van der Waals surface area (Å²) in [5.74, 6) is 0.438. The van der Waals surface area contributed by atoms with Crippen LogP contribution in [0.15, 0.2) is 35.9 Å². The molecular weight excluding hydrogens is 256 g/mol. The van der Waals surface area contributed by atoms with Crippen molar-refractivity contribution in [2.45, 2.75) is 11.6 Å². The first kappa shape index (κ1) is 12.5. The average Bonchev–Trinajstić information content (AvgIpc) is 2.91. The molecule has 0 saturated heterocycles. The number of nitrogens with zero attached hydrogens (tertiary/aromatic N) is 2. The number of pyridine rings is 1. The number of aromatic nitrogens is 3. The molecule has 0 aliphatic carbocycles. The molecular formula is C10H12N4O3S. The van der Waals surface area contributed by atoms with Crippen LogP contribution in [0.25, 0.3) is 0 Å². The van der Waals surface area contributed by atoms with Crippen LogP contribution in [0, 0.1) is 0 Å². The van der Waals surface area contributed by atoms with Crippen molar-refractivity contribution in [3.05, 3.63) is 36.4 Å². The van der Waals surface area contributed by atoms with Gasteiger partial charge in [0.2, 0.25) is 5.88 Å². The van der Waals surface area contributed by atoms with Crippen molar-refractivity contribution in [1.82, 2.24) is 19.7 Å². The number of hydrogen-bond donors (Lipinski definition) is 2. The second kappa shape index (κ2) is 5.15. The molecule has 2 N–H and O–H groups in total. The van der Waals surface area contributed by atoms with E-state index < -0.39 is 10.0 Å². The van der Waals surface area contributed by atoms with E-state index in [1.165, 1.54) is 19.6 Å². The number of ether oxygens (including phenoxy) is 1. The van der Waals surface area contributed by atoms with Crippen molar-refractivity contribution in [2.24, 2.45) is 0 Å². The molecule has 2 rings (SSSR count). The van der Waals surface area contributed by atoms with Gasteiger partial charge >= 0.3 is 0 Å². The van der Waals surface area contributed by atoms with Crippen LogP contribution < -0.4 is 9.46 Å². The second-order valence-electron chi connectivity index (χ2n) is 3.45. The van der Waals surface area contributed by atoms with Gasteiger partial charge in [-0.1, -0.05) is 0 Å². The van der Waals surface area contributed by atoms with E-state index in [1.54, 1.807) is 18.3 Å². The standard InChI is InChI=1S/C10H12N4O3S/c1-17-9-4-8(2-3-12-9)5-14-18(15,16)10-6-11-7-13-10/h2-4,6-7,14H,5H2,1H3,(H,11,13). The lowest BCUT2D eigenvalue weighted by atomic mass is 10.3. The summed E-state index contributed by atoms with van der Waals surface area (Å²) in [7, 11) is -2.06. The molecule has 0 unspecified atom stereocenters. The van der Waals surface area contributed by atoms with E-state index in [-0.39, 0.29) is 11.6 Å². The fourth-order valence-electron chi connectivity index (χ4n) is 1.32. The summed E-state index contributed by atoms with van der Waals surface area (Å²) >= 11 is 0. The maximum Gasteiger partial charge on any atom is 0.257 e. The summed E-state index contributed by atoms with van der Waals surface area (Å²) in [6.07, 6.45) is 4.11. The van der Waals surface area contributed by atoms with Crippen LogP contribution in [0.5, 0.6) is 5.88 Å². The maximum atomic E-state index is 11.8. The zero-order chi connectivity index (χ0) is 13.0. The molecule has 0 aliphatic heterocycles. The molecule has 2 aromatic rings. The Bertz CT molecular complexity index is 610. The van der Waals surface area contributed by atoms with Gasteiger partial charge in [-0.2, -0.15) is 0 Å². The molecule has 0 aromatic carbocycles. The van der Waals surface area contributed by atoms with E-state index in [1.807, 2.05) is 0 Å². The van der Waals surface area contributed by atoms with E-state index in [0.717, 1.165) is 5.56 Å². The van der Waals surface area contributed by atoms with E-state index in [4.69, 9.17) is 4.74 Å². The van der Waals surface area contributed by atoms with Crippen LogP contribution in [-0.2, 0) is 16.6 Å². The third-order valence-corrected chi connectivity index (χ3v) is 3.56. The number of H-pyrrole nitrogens is 1. The van der Waals surface area contributed by atoms with Gasteiger partial charge in [-0.3, -0.25) is 0 Å². The highest BCUT2D eigenvalue weighted by atomic mass is 32.2. The van der Waals surface area contributed by atoms with Crippen molar-refractivity contribution in [2.75, 3.05) is 7.11 Å². The summed E-state index contributed by atoms with van der Waals surface area (Å²) in [6, 6.07) is 3.37. The highest BCUT2D eigenvalue weighted by molar-refractivity contribution is 7.89. The van der Waals surface area contributed by atoms with Crippen LogP contribution in [-0.4, -0.2) is 30.5 Å². The predicted molar refractivity (Wildman–Crippen MR) is 63.4 cm³/mol. The largest absolute Gasteiger partial charge is 0.481 e. The van der Waals surface area contributed by atoms with Crippen LogP contribution in [0.4, 0.5) is 0 Å². The first-order chi connectivity index (χ1) is 8.62. The molecule has 2 heterocycles. The minimum absolute atomic E-state index is 0.0310. The molecule has 0 saturated carbocycles. The first-order valence-electron chi connectivity index (χ1n) is 5.09. The zero-order valence-corrected chi connectivity index (χ0v) is 10.4. The smallest absolute Gasteiger partial charge is 0.257 e. The Labute approximate surface area is 104 Å². The van der Waals surface area contributed by atoms with Crippen molar-refractivity contribution < 1.29 is 13.2 Å². The highest BCUT2D eigenvalue weighted by Gasteiger charge is 2.14. The molecule has 7 nitrogen and oxygen atoms in total. The van der Waals surface area contributed by atoms with Gasteiger partial charge in [0.05, 0.1) is 19.6 Å². The summed E-state index contributed by atoms with van der Waals surface area (Å²) < 4.78 is 31.0. The molecule has 0 radical (unpaired) electrons. The number of hydrogen-bond acceptors (Lipinski definition) is 5. The Morgan fingerprint density at radius 1 is 1.50 bits per heavy atom. The van der Waals surface area contributed by atoms with Gasteiger partial charge in [-0.05, 0) is 11.6 Å². The van der Waals surface area contributed by atoms with E-state index in [9.17, 15) is 8.42 Å². The lowest BCUT2D eigenvalue weighted by Crippen LogP contribution is -2.23. The van der Waals surface area contributed by atoms with E-state index >= 15 is 0 Å². The molecule has 8 heteroatoms.